The minimum absolute atomic E-state index is 0.0195. The van der Waals surface area contributed by atoms with Crippen molar-refractivity contribution in [3.8, 4) is 0 Å². The van der Waals surface area contributed by atoms with E-state index in [1.54, 1.807) is 25.1 Å². The lowest BCUT2D eigenvalue weighted by Gasteiger charge is -2.06. The fourth-order valence-corrected chi connectivity index (χ4v) is 1.40. The van der Waals surface area contributed by atoms with Crippen molar-refractivity contribution in [1.29, 1.82) is 0 Å². The average molecular weight is 261 g/mol. The van der Waals surface area contributed by atoms with Crippen molar-refractivity contribution >= 4 is 17.5 Å². The van der Waals surface area contributed by atoms with Crippen LogP contribution in [0.3, 0.4) is 0 Å². The number of aromatic nitrogens is 2. The molecule has 0 aliphatic carbocycles. The van der Waals surface area contributed by atoms with Gasteiger partial charge in [0.1, 0.15) is 11.6 Å². The monoisotopic (exact) mass is 261 g/mol. The van der Waals surface area contributed by atoms with E-state index in [1.807, 2.05) is 0 Å². The zero-order valence-corrected chi connectivity index (χ0v) is 10.3. The van der Waals surface area contributed by atoms with Gasteiger partial charge in [-0.1, -0.05) is 0 Å². The van der Waals surface area contributed by atoms with E-state index in [-0.39, 0.29) is 18.2 Å². The van der Waals surface area contributed by atoms with Crippen LogP contribution in [0.4, 0.5) is 15.9 Å². The number of nitrogens with one attached hydrogen (secondary N) is 1. The van der Waals surface area contributed by atoms with Crippen molar-refractivity contribution in [3.63, 3.8) is 0 Å². The molecular formula is C13H12FN3O2. The first kappa shape index (κ1) is 12.9. The van der Waals surface area contributed by atoms with E-state index in [0.717, 1.165) is 0 Å². The lowest BCUT2D eigenvalue weighted by atomic mass is 10.3. The molecule has 0 atom stereocenters. The number of esters is 1. The number of hydrogen-bond donors (Lipinski definition) is 1. The van der Waals surface area contributed by atoms with Crippen molar-refractivity contribution in [2.24, 2.45) is 0 Å². The maximum atomic E-state index is 12.8. The Morgan fingerprint density at radius 1 is 1.32 bits per heavy atom. The number of hydrogen-bond acceptors (Lipinski definition) is 5. The fourth-order valence-electron chi connectivity index (χ4n) is 1.40. The summed E-state index contributed by atoms with van der Waals surface area (Å²) in [5.41, 5.74) is 0.662. The summed E-state index contributed by atoms with van der Waals surface area (Å²) in [4.78, 5) is 19.3. The summed E-state index contributed by atoms with van der Waals surface area (Å²) >= 11 is 0. The van der Waals surface area contributed by atoms with E-state index in [2.05, 4.69) is 15.3 Å². The number of benzene rings is 1. The summed E-state index contributed by atoms with van der Waals surface area (Å²) in [6.45, 7) is 1.97. The van der Waals surface area contributed by atoms with Crippen LogP contribution in [0.2, 0.25) is 0 Å². The van der Waals surface area contributed by atoms with Gasteiger partial charge in [0.05, 0.1) is 6.61 Å². The minimum Gasteiger partial charge on any atom is -0.460 e. The van der Waals surface area contributed by atoms with Crippen molar-refractivity contribution in [2.45, 2.75) is 6.92 Å². The molecule has 0 amide bonds. The summed E-state index contributed by atoms with van der Waals surface area (Å²) in [5, 5.41) is 2.94. The molecule has 0 aliphatic heterocycles. The Hall–Kier alpha value is -2.50. The lowest BCUT2D eigenvalue weighted by molar-refractivity contribution is 0.0512. The molecule has 1 N–H and O–H groups in total. The van der Waals surface area contributed by atoms with Crippen LogP contribution >= 0.6 is 0 Å². The molecule has 0 saturated heterocycles. The molecule has 2 rings (SSSR count). The van der Waals surface area contributed by atoms with Crippen molar-refractivity contribution < 1.29 is 13.9 Å². The standard InChI is InChI=1S/C13H12FN3O2/c1-2-19-13(18)12-15-8-7-11(17-12)16-10-5-3-9(14)4-6-10/h3-8H,2H2,1H3,(H,15,16,17). The number of ether oxygens (including phenoxy) is 1. The SMILES string of the molecule is CCOC(=O)c1nccc(Nc2ccc(F)cc2)n1. The van der Waals surface area contributed by atoms with Gasteiger partial charge < -0.3 is 10.1 Å². The molecule has 0 spiro atoms. The number of nitrogens with zero attached hydrogens (tertiary/aromatic N) is 2. The minimum atomic E-state index is -0.578. The van der Waals surface area contributed by atoms with Crippen LogP contribution in [0.5, 0.6) is 0 Å². The predicted octanol–water partition coefficient (Wildman–Crippen LogP) is 2.54. The van der Waals surface area contributed by atoms with E-state index in [9.17, 15) is 9.18 Å². The largest absolute Gasteiger partial charge is 0.460 e. The van der Waals surface area contributed by atoms with Crippen LogP contribution < -0.4 is 5.32 Å². The topological polar surface area (TPSA) is 64.1 Å². The van der Waals surface area contributed by atoms with E-state index in [0.29, 0.717) is 11.5 Å². The van der Waals surface area contributed by atoms with Crippen LogP contribution in [0.25, 0.3) is 0 Å². The molecule has 1 aromatic heterocycles. The fraction of sp³-hybridized carbons (Fsp3) is 0.154. The van der Waals surface area contributed by atoms with Crippen molar-refractivity contribution in [1.82, 2.24) is 9.97 Å². The highest BCUT2D eigenvalue weighted by Gasteiger charge is 2.10. The van der Waals surface area contributed by atoms with Crippen molar-refractivity contribution in [3.05, 3.63) is 48.2 Å². The second kappa shape index (κ2) is 5.90. The molecule has 0 bridgehead atoms. The Morgan fingerprint density at radius 3 is 2.74 bits per heavy atom. The second-order valence-corrected chi connectivity index (χ2v) is 3.62. The van der Waals surface area contributed by atoms with Gasteiger partial charge in [0.2, 0.25) is 5.82 Å². The Kier molecular flexibility index (Phi) is 4.02. The Morgan fingerprint density at radius 2 is 2.05 bits per heavy atom. The number of carbonyl (C=O) groups excluding carboxylic acids is 1. The third kappa shape index (κ3) is 3.48. The molecule has 0 fully saturated rings. The molecule has 98 valence electrons. The Labute approximate surface area is 109 Å². The van der Waals surface area contributed by atoms with E-state index in [4.69, 9.17) is 4.74 Å². The lowest BCUT2D eigenvalue weighted by Crippen LogP contribution is -2.10. The third-order valence-electron chi connectivity index (χ3n) is 2.23. The van der Waals surface area contributed by atoms with Crippen molar-refractivity contribution in [2.75, 3.05) is 11.9 Å². The van der Waals surface area contributed by atoms with Gasteiger partial charge in [-0.05, 0) is 37.3 Å². The van der Waals surface area contributed by atoms with Gasteiger partial charge in [-0.15, -0.1) is 0 Å². The molecule has 0 saturated carbocycles. The summed E-state index contributed by atoms with van der Waals surface area (Å²) in [7, 11) is 0. The quantitative estimate of drug-likeness (QED) is 0.857. The summed E-state index contributed by atoms with van der Waals surface area (Å²) in [6, 6.07) is 7.40. The number of carbonyl (C=O) groups is 1. The van der Waals surface area contributed by atoms with Gasteiger partial charge in [-0.25, -0.2) is 19.2 Å². The van der Waals surface area contributed by atoms with Crippen LogP contribution in [0.15, 0.2) is 36.5 Å². The first-order valence-corrected chi connectivity index (χ1v) is 5.72. The van der Waals surface area contributed by atoms with Gasteiger partial charge in [0.15, 0.2) is 0 Å². The second-order valence-electron chi connectivity index (χ2n) is 3.62. The predicted molar refractivity (Wildman–Crippen MR) is 67.7 cm³/mol. The summed E-state index contributed by atoms with van der Waals surface area (Å²) < 4.78 is 17.6. The summed E-state index contributed by atoms with van der Waals surface area (Å²) in [5.74, 6) is -0.482. The molecule has 2 aromatic rings. The number of anilines is 2. The number of rotatable bonds is 4. The molecule has 19 heavy (non-hydrogen) atoms. The Balaban J connectivity index is 2.15. The van der Waals surface area contributed by atoms with Crippen LogP contribution in [-0.2, 0) is 4.74 Å². The maximum Gasteiger partial charge on any atom is 0.376 e. The molecule has 5 nitrogen and oxygen atoms in total. The van der Waals surface area contributed by atoms with E-state index in [1.165, 1.54) is 18.3 Å². The van der Waals surface area contributed by atoms with Crippen LogP contribution in [-0.4, -0.2) is 22.5 Å². The van der Waals surface area contributed by atoms with Gasteiger partial charge in [-0.3, -0.25) is 0 Å². The first-order valence-electron chi connectivity index (χ1n) is 5.72. The highest BCUT2D eigenvalue weighted by molar-refractivity contribution is 5.85. The molecule has 1 aromatic carbocycles. The smallest absolute Gasteiger partial charge is 0.376 e. The molecule has 6 heteroatoms. The van der Waals surface area contributed by atoms with Crippen LogP contribution in [0.1, 0.15) is 17.5 Å². The third-order valence-corrected chi connectivity index (χ3v) is 2.23. The van der Waals surface area contributed by atoms with Gasteiger partial charge in [-0.2, -0.15) is 0 Å². The van der Waals surface area contributed by atoms with E-state index < -0.39 is 5.97 Å². The van der Waals surface area contributed by atoms with Crippen LogP contribution in [0, 0.1) is 5.82 Å². The highest BCUT2D eigenvalue weighted by atomic mass is 19.1. The molecule has 0 aliphatic rings. The average Bonchev–Trinajstić information content (AvgIpc) is 2.42. The highest BCUT2D eigenvalue weighted by Crippen LogP contribution is 2.14. The Bertz CT molecular complexity index is 572. The molecule has 0 unspecified atom stereocenters. The molecule has 0 radical (unpaired) electrons. The van der Waals surface area contributed by atoms with Gasteiger partial charge >= 0.3 is 5.97 Å². The van der Waals surface area contributed by atoms with Gasteiger partial charge in [0, 0.05) is 11.9 Å². The van der Waals surface area contributed by atoms with E-state index >= 15 is 0 Å². The molecular weight excluding hydrogens is 249 g/mol. The summed E-state index contributed by atoms with van der Waals surface area (Å²) in [6.07, 6.45) is 1.45. The zero-order chi connectivity index (χ0) is 13.7. The maximum absolute atomic E-state index is 12.8. The number of halogens is 1. The zero-order valence-electron chi connectivity index (χ0n) is 10.3. The normalized spacial score (nSPS) is 10.0. The first-order chi connectivity index (χ1) is 9.19. The molecule has 1 heterocycles. The van der Waals surface area contributed by atoms with Gasteiger partial charge in [0.25, 0.3) is 0 Å².